The molecule has 1 aromatic heterocycles. The molecule has 0 spiro atoms. The minimum Gasteiger partial charge on any atom is -0.508 e. The molecule has 0 aliphatic heterocycles. The Morgan fingerprint density at radius 2 is 2.36 bits per heavy atom. The average molecular weight is 315 g/mol. The topological polar surface area (TPSA) is 44.0 Å². The molecule has 0 saturated heterocycles. The lowest BCUT2D eigenvalue weighted by molar-refractivity contribution is 0.470. The summed E-state index contributed by atoms with van der Waals surface area (Å²) in [6.45, 7) is 0. The van der Waals surface area contributed by atoms with Crippen molar-refractivity contribution in [1.82, 2.24) is 0 Å². The van der Waals surface area contributed by atoms with E-state index in [9.17, 15) is 5.11 Å². The number of fused-ring (bicyclic) bond motifs is 1. The molecular formula is C10H6INOS. The Bertz CT molecular complexity index is 527. The summed E-state index contributed by atoms with van der Waals surface area (Å²) in [5.74, 6) is 0.224. The Morgan fingerprint density at radius 1 is 1.57 bits per heavy atom. The van der Waals surface area contributed by atoms with Crippen LogP contribution in [-0.4, -0.2) is 5.11 Å². The third-order valence-corrected chi connectivity index (χ3v) is 4.20. The predicted molar refractivity (Wildman–Crippen MR) is 65.5 cm³/mol. The van der Waals surface area contributed by atoms with Crippen molar-refractivity contribution in [1.29, 1.82) is 5.26 Å². The van der Waals surface area contributed by atoms with Gasteiger partial charge in [0.2, 0.25) is 0 Å². The molecule has 2 nitrogen and oxygen atoms in total. The maximum atomic E-state index is 9.69. The molecule has 1 heterocycles. The number of hydrogen-bond donors (Lipinski definition) is 1. The zero-order valence-electron chi connectivity index (χ0n) is 7.12. The van der Waals surface area contributed by atoms with Gasteiger partial charge in [-0.3, -0.25) is 0 Å². The van der Waals surface area contributed by atoms with Crippen molar-refractivity contribution < 1.29 is 5.11 Å². The SMILES string of the molecule is N#CCc1c(O)cc(I)c2sccc12. The van der Waals surface area contributed by atoms with E-state index in [4.69, 9.17) is 5.26 Å². The lowest BCUT2D eigenvalue weighted by Gasteiger charge is -2.03. The van der Waals surface area contributed by atoms with Crippen LogP contribution in [-0.2, 0) is 6.42 Å². The Kier molecular flexibility index (Phi) is 2.61. The molecule has 4 heteroatoms. The number of rotatable bonds is 1. The van der Waals surface area contributed by atoms with Crippen molar-refractivity contribution in [2.45, 2.75) is 6.42 Å². The summed E-state index contributed by atoms with van der Waals surface area (Å²) in [7, 11) is 0. The lowest BCUT2D eigenvalue weighted by Crippen LogP contribution is -1.85. The summed E-state index contributed by atoms with van der Waals surface area (Å²) in [5, 5.41) is 21.3. The molecule has 0 amide bonds. The van der Waals surface area contributed by atoms with Crippen molar-refractivity contribution in [2.24, 2.45) is 0 Å². The molecule has 1 N–H and O–H groups in total. The monoisotopic (exact) mass is 315 g/mol. The fourth-order valence-electron chi connectivity index (χ4n) is 1.41. The first kappa shape index (κ1) is 9.74. The van der Waals surface area contributed by atoms with Gasteiger partial charge in [0, 0.05) is 19.2 Å². The van der Waals surface area contributed by atoms with Crippen LogP contribution >= 0.6 is 33.9 Å². The average Bonchev–Trinajstić information content (AvgIpc) is 2.60. The van der Waals surface area contributed by atoms with Crippen LogP contribution in [0, 0.1) is 14.9 Å². The van der Waals surface area contributed by atoms with Gasteiger partial charge >= 0.3 is 0 Å². The number of halogens is 1. The van der Waals surface area contributed by atoms with Crippen LogP contribution < -0.4 is 0 Å². The van der Waals surface area contributed by atoms with E-state index < -0.39 is 0 Å². The number of nitrogens with zero attached hydrogens (tertiary/aromatic N) is 1. The van der Waals surface area contributed by atoms with Crippen molar-refractivity contribution in [3.8, 4) is 11.8 Å². The van der Waals surface area contributed by atoms with E-state index >= 15 is 0 Å². The van der Waals surface area contributed by atoms with E-state index in [0.29, 0.717) is 0 Å². The largest absolute Gasteiger partial charge is 0.508 e. The zero-order valence-corrected chi connectivity index (χ0v) is 10.1. The van der Waals surface area contributed by atoms with Crippen LogP contribution in [0.1, 0.15) is 5.56 Å². The van der Waals surface area contributed by atoms with Gasteiger partial charge < -0.3 is 5.11 Å². The van der Waals surface area contributed by atoms with Crippen molar-refractivity contribution >= 4 is 44.0 Å². The van der Waals surface area contributed by atoms with Gasteiger partial charge in [-0.05, 0) is 40.1 Å². The van der Waals surface area contributed by atoms with Gasteiger partial charge in [-0.25, -0.2) is 0 Å². The smallest absolute Gasteiger partial charge is 0.121 e. The second kappa shape index (κ2) is 3.75. The Balaban J connectivity index is 2.81. The number of phenolic OH excluding ortho intramolecular Hbond substituents is 1. The number of hydrogen-bond acceptors (Lipinski definition) is 3. The molecule has 0 radical (unpaired) electrons. The summed E-state index contributed by atoms with van der Waals surface area (Å²) >= 11 is 3.83. The molecule has 0 fully saturated rings. The fraction of sp³-hybridized carbons (Fsp3) is 0.100. The van der Waals surface area contributed by atoms with Crippen LogP contribution in [0.25, 0.3) is 10.1 Å². The van der Waals surface area contributed by atoms with Gasteiger partial charge in [-0.1, -0.05) is 0 Å². The third-order valence-electron chi connectivity index (χ3n) is 2.04. The zero-order chi connectivity index (χ0) is 10.1. The Hall–Kier alpha value is -0.800. The Labute approximate surface area is 98.9 Å². The quantitative estimate of drug-likeness (QED) is 0.821. The van der Waals surface area contributed by atoms with Gasteiger partial charge in [0.1, 0.15) is 5.75 Å². The first-order chi connectivity index (χ1) is 6.74. The molecule has 0 atom stereocenters. The van der Waals surface area contributed by atoms with Crippen molar-refractivity contribution in [3.63, 3.8) is 0 Å². The van der Waals surface area contributed by atoms with E-state index in [1.165, 1.54) is 0 Å². The highest BCUT2D eigenvalue weighted by atomic mass is 127. The molecule has 1 aromatic carbocycles. The molecular weight excluding hydrogens is 309 g/mol. The van der Waals surface area contributed by atoms with Crippen molar-refractivity contribution in [2.75, 3.05) is 0 Å². The van der Waals surface area contributed by atoms with Crippen LogP contribution in [0.5, 0.6) is 5.75 Å². The highest BCUT2D eigenvalue weighted by molar-refractivity contribution is 14.1. The fourth-order valence-corrected chi connectivity index (χ4v) is 3.20. The second-order valence-electron chi connectivity index (χ2n) is 2.85. The molecule has 2 rings (SSSR count). The number of benzene rings is 1. The predicted octanol–water partition coefficient (Wildman–Crippen LogP) is 3.28. The van der Waals surface area contributed by atoms with Crippen LogP contribution in [0.2, 0.25) is 0 Å². The summed E-state index contributed by atoms with van der Waals surface area (Å²) in [5.41, 5.74) is 0.740. The third kappa shape index (κ3) is 1.47. The number of thiophene rings is 1. The first-order valence-corrected chi connectivity index (χ1v) is 5.94. The first-order valence-electron chi connectivity index (χ1n) is 3.98. The van der Waals surface area contributed by atoms with Gasteiger partial charge in [0.15, 0.2) is 0 Å². The highest BCUT2D eigenvalue weighted by Crippen LogP contribution is 2.34. The van der Waals surface area contributed by atoms with E-state index in [2.05, 4.69) is 28.7 Å². The van der Waals surface area contributed by atoms with Crippen molar-refractivity contribution in [3.05, 3.63) is 26.6 Å². The maximum absolute atomic E-state index is 9.69. The highest BCUT2D eigenvalue weighted by Gasteiger charge is 2.10. The standard InChI is InChI=1S/C10H6INOS/c11-8-5-9(13)6(1-3-12)7-2-4-14-10(7)8/h2,4-5,13H,1H2. The van der Waals surface area contributed by atoms with Crippen LogP contribution in [0.4, 0.5) is 0 Å². The van der Waals surface area contributed by atoms with Gasteiger partial charge in [-0.15, -0.1) is 11.3 Å². The summed E-state index contributed by atoms with van der Waals surface area (Å²) in [4.78, 5) is 0. The van der Waals surface area contributed by atoms with Gasteiger partial charge in [0.25, 0.3) is 0 Å². The number of nitriles is 1. The molecule has 0 bridgehead atoms. The van der Waals surface area contributed by atoms with Crippen LogP contribution in [0.3, 0.4) is 0 Å². The minimum absolute atomic E-state index is 0.224. The summed E-state index contributed by atoms with van der Waals surface area (Å²) in [6.07, 6.45) is 0.260. The molecule has 0 unspecified atom stereocenters. The second-order valence-corrected chi connectivity index (χ2v) is 4.93. The number of phenols is 1. The molecule has 14 heavy (non-hydrogen) atoms. The normalized spacial score (nSPS) is 10.3. The minimum atomic E-state index is 0.224. The summed E-state index contributed by atoms with van der Waals surface area (Å²) in [6, 6.07) is 5.74. The van der Waals surface area contributed by atoms with E-state index in [1.54, 1.807) is 17.4 Å². The summed E-state index contributed by atoms with van der Waals surface area (Å²) < 4.78 is 2.18. The molecule has 2 aromatic rings. The van der Waals surface area contributed by atoms with Crippen LogP contribution in [0.15, 0.2) is 17.5 Å². The molecule has 0 saturated carbocycles. The van der Waals surface area contributed by atoms with E-state index in [1.807, 2.05) is 11.4 Å². The van der Waals surface area contributed by atoms with E-state index in [0.717, 1.165) is 19.2 Å². The van der Waals surface area contributed by atoms with E-state index in [-0.39, 0.29) is 12.2 Å². The molecule has 70 valence electrons. The lowest BCUT2D eigenvalue weighted by atomic mass is 10.1. The molecule has 0 aliphatic rings. The maximum Gasteiger partial charge on any atom is 0.121 e. The van der Waals surface area contributed by atoms with Gasteiger partial charge in [0.05, 0.1) is 12.5 Å². The molecule has 0 aliphatic carbocycles. The Morgan fingerprint density at radius 3 is 3.07 bits per heavy atom. The van der Waals surface area contributed by atoms with Gasteiger partial charge in [-0.2, -0.15) is 5.26 Å². The number of aromatic hydroxyl groups is 1.